The van der Waals surface area contributed by atoms with Gasteiger partial charge in [0, 0.05) is 16.6 Å². The van der Waals surface area contributed by atoms with Gasteiger partial charge in [-0.15, -0.1) is 0 Å². The van der Waals surface area contributed by atoms with E-state index in [0.29, 0.717) is 0 Å². The highest BCUT2D eigenvalue weighted by molar-refractivity contribution is 9.10. The first-order valence-corrected chi connectivity index (χ1v) is 4.39. The summed E-state index contributed by atoms with van der Waals surface area (Å²) >= 11 is 8.90. The van der Waals surface area contributed by atoms with Crippen molar-refractivity contribution in [3.05, 3.63) is 28.7 Å². The summed E-state index contributed by atoms with van der Waals surface area (Å²) in [4.78, 5) is 0. The number of hydrogen-bond donors (Lipinski definition) is 0. The average molecular weight is 234 g/mol. The first-order chi connectivity index (χ1) is 5.24. The van der Waals surface area contributed by atoms with Crippen LogP contribution in [0.2, 0.25) is 0 Å². The summed E-state index contributed by atoms with van der Waals surface area (Å²) < 4.78 is 2.90. The topological polar surface area (TPSA) is 3.01 Å². The molecule has 0 heterocycles. The predicted octanol–water partition coefficient (Wildman–Crippen LogP) is 2.99. The van der Waals surface area contributed by atoms with Gasteiger partial charge in [-0.2, -0.15) is 4.58 Å². The number of nitrogens with zero attached hydrogens (tertiary/aromatic N) is 1. The molecule has 0 atom stereocenters. The lowest BCUT2D eigenvalue weighted by atomic mass is 10.3. The second-order valence-electron chi connectivity index (χ2n) is 2.19. The maximum absolute atomic E-state index is 5.52. The first-order valence-electron chi connectivity index (χ1n) is 3.16. The minimum Gasteiger partial charge on any atom is -0.191 e. The van der Waals surface area contributed by atoms with Crippen molar-refractivity contribution < 1.29 is 4.58 Å². The van der Waals surface area contributed by atoms with Gasteiger partial charge in [-0.1, -0.05) is 22.0 Å². The lowest BCUT2D eigenvalue weighted by Gasteiger charge is -1.93. The molecule has 0 aliphatic carbocycles. The van der Waals surface area contributed by atoms with Gasteiger partial charge in [0.2, 0.25) is 11.4 Å². The van der Waals surface area contributed by atoms with E-state index in [9.17, 15) is 0 Å². The molecule has 0 radical (unpaired) electrons. The van der Waals surface area contributed by atoms with Crippen LogP contribution in [0.4, 0.5) is 5.69 Å². The molecule has 3 heteroatoms. The van der Waals surface area contributed by atoms with Crippen LogP contribution in [-0.4, -0.2) is 17.3 Å². The molecule has 0 saturated carbocycles. The molecule has 1 nitrogen and oxygen atoms in total. The number of benzene rings is 1. The standard InChI is InChI=1S/C8H8BrClN/c1-11(6-10)8-4-2-3-7(9)5-8/h2-6H,1H3/q+1. The molecule has 0 spiro atoms. The van der Waals surface area contributed by atoms with Gasteiger partial charge in [0.05, 0.1) is 0 Å². The van der Waals surface area contributed by atoms with Gasteiger partial charge >= 0.3 is 0 Å². The van der Waals surface area contributed by atoms with E-state index >= 15 is 0 Å². The molecule has 0 aliphatic heterocycles. The average Bonchev–Trinajstić information content (AvgIpc) is 2.03. The van der Waals surface area contributed by atoms with Crippen molar-refractivity contribution in [3.8, 4) is 0 Å². The highest BCUT2D eigenvalue weighted by Crippen LogP contribution is 2.16. The number of hydrogen-bond acceptors (Lipinski definition) is 0. The monoisotopic (exact) mass is 232 g/mol. The van der Waals surface area contributed by atoms with Crippen LogP contribution in [0.1, 0.15) is 0 Å². The molecule has 0 bridgehead atoms. The Labute approximate surface area is 79.4 Å². The third kappa shape index (κ3) is 2.31. The fourth-order valence-electron chi connectivity index (χ4n) is 0.752. The van der Waals surface area contributed by atoms with Crippen LogP contribution in [0, 0.1) is 0 Å². The van der Waals surface area contributed by atoms with E-state index < -0.39 is 0 Å². The van der Waals surface area contributed by atoms with Crippen LogP contribution >= 0.6 is 27.5 Å². The van der Waals surface area contributed by atoms with Gasteiger partial charge in [0.25, 0.3) is 0 Å². The fourth-order valence-corrected chi connectivity index (χ4v) is 1.25. The minimum atomic E-state index is 1.06. The molecule has 1 aromatic carbocycles. The molecule has 0 fully saturated rings. The highest BCUT2D eigenvalue weighted by atomic mass is 79.9. The van der Waals surface area contributed by atoms with E-state index in [2.05, 4.69) is 15.9 Å². The summed E-state index contributed by atoms with van der Waals surface area (Å²) in [6, 6.07) is 7.93. The summed E-state index contributed by atoms with van der Waals surface area (Å²) in [6.07, 6.45) is 0. The molecule has 58 valence electrons. The maximum Gasteiger partial charge on any atom is 0.238 e. The Kier molecular flexibility index (Phi) is 3.09. The van der Waals surface area contributed by atoms with Gasteiger partial charge in [-0.25, -0.2) is 0 Å². The number of rotatable bonds is 1. The summed E-state index contributed by atoms with van der Waals surface area (Å²) in [5.41, 5.74) is 2.57. The molecule has 0 aromatic heterocycles. The molecule has 11 heavy (non-hydrogen) atoms. The lowest BCUT2D eigenvalue weighted by molar-refractivity contribution is -0.397. The molecule has 1 rings (SSSR count). The zero-order chi connectivity index (χ0) is 8.27. The Morgan fingerprint density at radius 2 is 2.27 bits per heavy atom. The minimum absolute atomic E-state index is 1.06. The van der Waals surface area contributed by atoms with Crippen LogP contribution in [0.3, 0.4) is 0 Å². The molecule has 0 aliphatic rings. The van der Waals surface area contributed by atoms with Crippen molar-refractivity contribution in [3.63, 3.8) is 0 Å². The Morgan fingerprint density at radius 3 is 2.82 bits per heavy atom. The molecular weight excluding hydrogens is 225 g/mol. The smallest absolute Gasteiger partial charge is 0.191 e. The Balaban J connectivity index is 3.06. The van der Waals surface area contributed by atoms with Gasteiger partial charge < -0.3 is 0 Å². The van der Waals surface area contributed by atoms with Crippen LogP contribution in [0.25, 0.3) is 0 Å². The van der Waals surface area contributed by atoms with E-state index in [1.165, 1.54) is 5.67 Å². The molecular formula is C8H8BrClN+. The zero-order valence-electron chi connectivity index (χ0n) is 6.09. The summed E-state index contributed by atoms with van der Waals surface area (Å²) in [6.45, 7) is 0. The van der Waals surface area contributed by atoms with E-state index in [1.807, 2.05) is 35.9 Å². The summed E-state index contributed by atoms with van der Waals surface area (Å²) in [5.74, 6) is 0. The maximum atomic E-state index is 5.52. The molecule has 0 N–H and O–H groups in total. The first kappa shape index (κ1) is 8.75. The SMILES string of the molecule is C[N+](=CCl)c1cccc(Br)c1. The van der Waals surface area contributed by atoms with Crippen molar-refractivity contribution >= 4 is 38.9 Å². The summed E-state index contributed by atoms with van der Waals surface area (Å²) in [7, 11) is 1.90. The second kappa shape index (κ2) is 3.88. The summed E-state index contributed by atoms with van der Waals surface area (Å²) in [5, 5.41) is 0. The van der Waals surface area contributed by atoms with Crippen LogP contribution in [-0.2, 0) is 0 Å². The second-order valence-corrected chi connectivity index (χ2v) is 3.30. The van der Waals surface area contributed by atoms with Crippen LogP contribution < -0.4 is 0 Å². The zero-order valence-corrected chi connectivity index (χ0v) is 8.43. The van der Waals surface area contributed by atoms with Crippen LogP contribution in [0.15, 0.2) is 28.7 Å². The van der Waals surface area contributed by atoms with E-state index in [4.69, 9.17) is 11.6 Å². The molecule has 1 aromatic rings. The molecule has 0 unspecified atom stereocenters. The predicted molar refractivity (Wildman–Crippen MR) is 51.9 cm³/mol. The van der Waals surface area contributed by atoms with Crippen LogP contribution in [0.5, 0.6) is 0 Å². The highest BCUT2D eigenvalue weighted by Gasteiger charge is 2.00. The third-order valence-corrected chi connectivity index (χ3v) is 2.15. The number of halogens is 2. The van der Waals surface area contributed by atoms with Crippen molar-refractivity contribution in [1.29, 1.82) is 0 Å². The van der Waals surface area contributed by atoms with E-state index in [0.717, 1.165) is 10.2 Å². The third-order valence-electron chi connectivity index (χ3n) is 1.36. The van der Waals surface area contributed by atoms with E-state index in [1.54, 1.807) is 0 Å². The Hall–Kier alpha value is -0.340. The van der Waals surface area contributed by atoms with Gasteiger partial charge in [0.15, 0.2) is 0 Å². The van der Waals surface area contributed by atoms with Crippen molar-refractivity contribution in [2.45, 2.75) is 0 Å². The van der Waals surface area contributed by atoms with Gasteiger partial charge in [0.1, 0.15) is 7.05 Å². The molecule has 0 saturated heterocycles. The quantitative estimate of drug-likeness (QED) is 0.518. The van der Waals surface area contributed by atoms with Gasteiger partial charge in [-0.3, -0.25) is 0 Å². The van der Waals surface area contributed by atoms with Crippen molar-refractivity contribution in [1.82, 2.24) is 0 Å². The Bertz CT molecular complexity index is 283. The fraction of sp³-hybridized carbons (Fsp3) is 0.125. The lowest BCUT2D eigenvalue weighted by Crippen LogP contribution is -1.94. The van der Waals surface area contributed by atoms with Gasteiger partial charge in [-0.05, 0) is 17.7 Å². The van der Waals surface area contributed by atoms with E-state index in [-0.39, 0.29) is 0 Å². The molecule has 0 amide bonds. The normalized spacial score (nSPS) is 11.7. The Morgan fingerprint density at radius 1 is 1.55 bits per heavy atom. The largest absolute Gasteiger partial charge is 0.238 e. The van der Waals surface area contributed by atoms with Crippen molar-refractivity contribution in [2.24, 2.45) is 0 Å². The van der Waals surface area contributed by atoms with Crippen molar-refractivity contribution in [2.75, 3.05) is 7.05 Å².